The second-order valence-corrected chi connectivity index (χ2v) is 6.33. The first-order valence-electron chi connectivity index (χ1n) is 8.39. The van der Waals surface area contributed by atoms with Crippen LogP contribution in [0, 0.1) is 6.92 Å². The van der Waals surface area contributed by atoms with Crippen LogP contribution in [0.1, 0.15) is 21.9 Å². The molecule has 0 aliphatic rings. The van der Waals surface area contributed by atoms with Crippen LogP contribution in [-0.4, -0.2) is 35.5 Å². The number of nitrogens with one attached hydrogen (secondary N) is 2. The third-order valence-corrected chi connectivity index (χ3v) is 4.51. The summed E-state index contributed by atoms with van der Waals surface area (Å²) in [6, 6.07) is 11.1. The van der Waals surface area contributed by atoms with Gasteiger partial charge in [0.2, 0.25) is 5.78 Å². The number of nitrogen functional groups attached to an aromatic ring is 1. The fourth-order valence-corrected chi connectivity index (χ4v) is 3.22. The van der Waals surface area contributed by atoms with Gasteiger partial charge in [-0.1, -0.05) is 0 Å². The number of fused-ring (bicyclic) bond motifs is 2. The summed E-state index contributed by atoms with van der Waals surface area (Å²) >= 11 is 0. The summed E-state index contributed by atoms with van der Waals surface area (Å²) in [6.07, 6.45) is 3.17. The molecular weight excluding hydrogens is 342 g/mol. The van der Waals surface area contributed by atoms with Gasteiger partial charge in [0.25, 0.3) is 0 Å². The van der Waals surface area contributed by atoms with Gasteiger partial charge in [-0.15, -0.1) is 0 Å². The van der Waals surface area contributed by atoms with E-state index in [0.717, 1.165) is 33.6 Å². The van der Waals surface area contributed by atoms with Gasteiger partial charge >= 0.3 is 0 Å². The topological polar surface area (TPSA) is 118 Å². The van der Waals surface area contributed by atoms with Crippen molar-refractivity contribution in [3.8, 4) is 5.69 Å². The van der Waals surface area contributed by atoms with Gasteiger partial charge in [-0.05, 0) is 43.3 Å². The minimum Gasteiger partial charge on any atom is -0.383 e. The molecule has 0 aliphatic carbocycles. The van der Waals surface area contributed by atoms with E-state index >= 15 is 0 Å². The van der Waals surface area contributed by atoms with Gasteiger partial charge < -0.3 is 15.7 Å². The first-order valence-corrected chi connectivity index (χ1v) is 8.39. The lowest BCUT2D eigenvalue weighted by atomic mass is 10.1. The molecule has 27 heavy (non-hydrogen) atoms. The molecule has 0 saturated carbocycles. The van der Waals surface area contributed by atoms with Crippen LogP contribution in [0.5, 0.6) is 0 Å². The maximum atomic E-state index is 12.9. The van der Waals surface area contributed by atoms with Crippen molar-refractivity contribution in [2.24, 2.45) is 0 Å². The van der Waals surface area contributed by atoms with E-state index in [9.17, 15) is 4.79 Å². The second-order valence-electron chi connectivity index (χ2n) is 6.33. The highest BCUT2D eigenvalue weighted by atomic mass is 16.1. The predicted octanol–water partition coefficient (Wildman–Crippen LogP) is 2.75. The van der Waals surface area contributed by atoms with Crippen LogP contribution >= 0.6 is 0 Å². The van der Waals surface area contributed by atoms with Crippen LogP contribution in [0.3, 0.4) is 0 Å². The van der Waals surface area contributed by atoms with Crippen molar-refractivity contribution in [3.05, 3.63) is 65.9 Å². The molecule has 0 aliphatic heterocycles. The van der Waals surface area contributed by atoms with Crippen molar-refractivity contribution in [2.75, 3.05) is 5.73 Å². The summed E-state index contributed by atoms with van der Waals surface area (Å²) in [5.74, 6) is 0.880. The third kappa shape index (κ3) is 2.38. The molecular formula is C19H15N7O. The lowest BCUT2D eigenvalue weighted by molar-refractivity contribution is 0.103. The fraction of sp³-hybridized carbons (Fsp3) is 0.0526. The number of benzene rings is 1. The number of aromatic nitrogens is 6. The molecule has 132 valence electrons. The van der Waals surface area contributed by atoms with Gasteiger partial charge in [-0.2, -0.15) is 5.10 Å². The van der Waals surface area contributed by atoms with Crippen LogP contribution in [0.2, 0.25) is 0 Å². The zero-order chi connectivity index (χ0) is 18.5. The molecule has 5 rings (SSSR count). The van der Waals surface area contributed by atoms with Gasteiger partial charge in [0.15, 0.2) is 0 Å². The van der Waals surface area contributed by atoms with E-state index in [2.05, 4.69) is 25.0 Å². The van der Waals surface area contributed by atoms with E-state index in [0.29, 0.717) is 11.3 Å². The highest BCUT2D eigenvalue weighted by Crippen LogP contribution is 2.23. The Morgan fingerprint density at radius 3 is 2.81 bits per heavy atom. The number of nitrogens with two attached hydrogens (primary N) is 1. The summed E-state index contributed by atoms with van der Waals surface area (Å²) < 4.78 is 1.54. The summed E-state index contributed by atoms with van der Waals surface area (Å²) in [7, 11) is 0. The van der Waals surface area contributed by atoms with E-state index in [1.807, 2.05) is 37.3 Å². The van der Waals surface area contributed by atoms with Crippen LogP contribution in [-0.2, 0) is 0 Å². The highest BCUT2D eigenvalue weighted by Gasteiger charge is 2.20. The second kappa shape index (κ2) is 5.53. The van der Waals surface area contributed by atoms with Crippen molar-refractivity contribution in [1.82, 2.24) is 29.7 Å². The number of imidazole rings is 1. The van der Waals surface area contributed by atoms with Crippen molar-refractivity contribution in [3.63, 3.8) is 0 Å². The number of nitrogens with zero attached hydrogens (tertiary/aromatic N) is 4. The quantitative estimate of drug-likeness (QED) is 0.429. The zero-order valence-corrected chi connectivity index (χ0v) is 14.4. The summed E-state index contributed by atoms with van der Waals surface area (Å²) in [4.78, 5) is 27.8. The number of anilines is 1. The number of ketones is 1. The maximum Gasteiger partial charge on any atom is 0.214 e. The molecule has 0 unspecified atom stereocenters. The Balaban J connectivity index is 1.56. The lowest BCUT2D eigenvalue weighted by Gasteiger charge is -2.04. The minimum atomic E-state index is -0.228. The fourth-order valence-electron chi connectivity index (χ4n) is 3.22. The Morgan fingerprint density at radius 2 is 1.96 bits per heavy atom. The largest absolute Gasteiger partial charge is 0.383 e. The molecule has 0 bridgehead atoms. The standard InChI is InChI=1S/C19H15N7O/c1-10-23-14-5-4-11(7-16(14)24-10)26-19(20)12(9-22-26)18(27)17-8-15-13(25-17)3-2-6-21-15/h2-9,25H,20H2,1H3,(H,23,24). The molecule has 8 heteroatoms. The third-order valence-electron chi connectivity index (χ3n) is 4.51. The average molecular weight is 357 g/mol. The zero-order valence-electron chi connectivity index (χ0n) is 14.4. The number of H-pyrrole nitrogens is 2. The van der Waals surface area contributed by atoms with Crippen molar-refractivity contribution < 1.29 is 4.79 Å². The molecule has 1 aromatic carbocycles. The Kier molecular flexibility index (Phi) is 3.14. The number of carbonyl (C=O) groups is 1. The van der Waals surface area contributed by atoms with E-state index in [1.165, 1.54) is 10.9 Å². The van der Waals surface area contributed by atoms with Crippen molar-refractivity contribution in [2.45, 2.75) is 6.92 Å². The van der Waals surface area contributed by atoms with E-state index < -0.39 is 0 Å². The molecule has 5 aromatic rings. The van der Waals surface area contributed by atoms with E-state index in [-0.39, 0.29) is 11.6 Å². The molecule has 4 N–H and O–H groups in total. The van der Waals surface area contributed by atoms with Crippen LogP contribution < -0.4 is 5.73 Å². The summed E-state index contributed by atoms with van der Waals surface area (Å²) in [5, 5.41) is 4.30. The Hall–Kier alpha value is -3.94. The Morgan fingerprint density at radius 1 is 1.11 bits per heavy atom. The number of rotatable bonds is 3. The molecule has 0 radical (unpaired) electrons. The number of carbonyl (C=O) groups excluding carboxylic acids is 1. The predicted molar refractivity (Wildman–Crippen MR) is 102 cm³/mol. The van der Waals surface area contributed by atoms with E-state index in [4.69, 9.17) is 5.73 Å². The number of hydrogen-bond donors (Lipinski definition) is 3. The molecule has 0 fully saturated rings. The Bertz CT molecular complexity index is 1290. The van der Waals surface area contributed by atoms with Gasteiger partial charge in [0, 0.05) is 6.20 Å². The highest BCUT2D eigenvalue weighted by molar-refractivity contribution is 6.12. The SMILES string of the molecule is Cc1nc2cc(-n3ncc(C(=O)c4cc5ncccc5[nH]4)c3N)ccc2[nH]1. The van der Waals surface area contributed by atoms with Gasteiger partial charge in [0.05, 0.1) is 45.2 Å². The smallest absolute Gasteiger partial charge is 0.214 e. The first kappa shape index (κ1) is 15.3. The normalized spacial score (nSPS) is 11.4. The molecule has 4 aromatic heterocycles. The van der Waals surface area contributed by atoms with Crippen LogP contribution in [0.15, 0.2) is 48.8 Å². The molecule has 0 amide bonds. The number of hydrogen-bond acceptors (Lipinski definition) is 5. The summed E-state index contributed by atoms with van der Waals surface area (Å²) in [6.45, 7) is 1.90. The monoisotopic (exact) mass is 357 g/mol. The molecule has 0 spiro atoms. The van der Waals surface area contributed by atoms with Gasteiger partial charge in [-0.3, -0.25) is 9.78 Å². The number of aryl methyl sites for hydroxylation is 1. The van der Waals surface area contributed by atoms with Crippen molar-refractivity contribution >= 4 is 33.7 Å². The molecule has 8 nitrogen and oxygen atoms in total. The van der Waals surface area contributed by atoms with Gasteiger partial charge in [-0.25, -0.2) is 9.67 Å². The first-order chi connectivity index (χ1) is 13.1. The average Bonchev–Trinajstić information content (AvgIpc) is 3.35. The van der Waals surface area contributed by atoms with E-state index in [1.54, 1.807) is 12.3 Å². The number of pyridine rings is 1. The number of aromatic amines is 2. The molecule has 0 atom stereocenters. The lowest BCUT2D eigenvalue weighted by Crippen LogP contribution is -2.07. The van der Waals surface area contributed by atoms with Crippen LogP contribution in [0.25, 0.3) is 27.8 Å². The maximum absolute atomic E-state index is 12.9. The minimum absolute atomic E-state index is 0.228. The van der Waals surface area contributed by atoms with Gasteiger partial charge in [0.1, 0.15) is 11.6 Å². The van der Waals surface area contributed by atoms with Crippen molar-refractivity contribution in [1.29, 1.82) is 0 Å². The molecule has 4 heterocycles. The van der Waals surface area contributed by atoms with Crippen LogP contribution in [0.4, 0.5) is 5.82 Å². The molecule has 0 saturated heterocycles. The Labute approximate surface area is 153 Å². The summed E-state index contributed by atoms with van der Waals surface area (Å²) in [5.41, 5.74) is 11.0.